The molecule has 1 spiro atoms. The number of imide groups is 1. The first kappa shape index (κ1) is 19.1. The van der Waals surface area contributed by atoms with Gasteiger partial charge in [-0.25, -0.2) is 14.7 Å². The van der Waals surface area contributed by atoms with Crippen LogP contribution in [-0.2, 0) is 19.7 Å². The summed E-state index contributed by atoms with van der Waals surface area (Å²) in [6.07, 6.45) is 4.65. The molecule has 150 valence electrons. The van der Waals surface area contributed by atoms with Crippen molar-refractivity contribution in [2.45, 2.75) is 69.9 Å². The zero-order chi connectivity index (χ0) is 20.3. The highest BCUT2D eigenvalue weighted by Crippen LogP contribution is 2.49. The first-order valence-electron chi connectivity index (χ1n) is 9.57. The highest BCUT2D eigenvalue weighted by molar-refractivity contribution is 6.29. The third-order valence-electron chi connectivity index (χ3n) is 5.64. The van der Waals surface area contributed by atoms with Crippen molar-refractivity contribution in [3.05, 3.63) is 17.0 Å². The Bertz CT molecular complexity index is 862. The summed E-state index contributed by atoms with van der Waals surface area (Å²) in [5.41, 5.74) is -1.78. The predicted octanol–water partition coefficient (Wildman–Crippen LogP) is 2.82. The van der Waals surface area contributed by atoms with Crippen molar-refractivity contribution >= 4 is 35.3 Å². The Morgan fingerprint density at radius 3 is 2.57 bits per heavy atom. The largest absolute Gasteiger partial charge is 0.443 e. The van der Waals surface area contributed by atoms with Gasteiger partial charge in [-0.05, 0) is 51.6 Å². The van der Waals surface area contributed by atoms with Gasteiger partial charge in [-0.15, -0.1) is 0 Å². The number of fused-ring (bicyclic) bond motifs is 2. The van der Waals surface area contributed by atoms with Crippen molar-refractivity contribution in [3.8, 4) is 0 Å². The number of rotatable bonds is 1. The molecule has 3 aliphatic rings. The summed E-state index contributed by atoms with van der Waals surface area (Å²) in [6.45, 7) is 5.30. The lowest BCUT2D eigenvalue weighted by atomic mass is 9.81. The van der Waals surface area contributed by atoms with E-state index in [0.29, 0.717) is 11.4 Å². The van der Waals surface area contributed by atoms with Gasteiger partial charge in [0.15, 0.2) is 5.41 Å². The van der Waals surface area contributed by atoms with Gasteiger partial charge in [-0.2, -0.15) is 4.98 Å². The lowest BCUT2D eigenvalue weighted by Gasteiger charge is -2.27. The van der Waals surface area contributed by atoms with E-state index in [1.54, 1.807) is 25.7 Å². The van der Waals surface area contributed by atoms with E-state index in [4.69, 9.17) is 16.3 Å². The molecule has 1 unspecified atom stereocenters. The zero-order valence-electron chi connectivity index (χ0n) is 16.2. The molecule has 8 nitrogen and oxygen atoms in total. The number of hydrogen-bond acceptors (Lipinski definition) is 6. The molecule has 0 aromatic carbocycles. The van der Waals surface area contributed by atoms with E-state index < -0.39 is 23.0 Å². The van der Waals surface area contributed by atoms with Crippen LogP contribution in [0.25, 0.3) is 0 Å². The lowest BCUT2D eigenvalue weighted by molar-refractivity contribution is -0.137. The van der Waals surface area contributed by atoms with Crippen molar-refractivity contribution in [2.75, 3.05) is 11.4 Å². The predicted molar refractivity (Wildman–Crippen MR) is 101 cm³/mol. The average molecular weight is 407 g/mol. The van der Waals surface area contributed by atoms with Gasteiger partial charge in [0.25, 0.3) is 5.91 Å². The van der Waals surface area contributed by atoms with Crippen LogP contribution in [0.2, 0.25) is 5.28 Å². The molecule has 0 N–H and O–H groups in total. The Balaban J connectivity index is 1.74. The van der Waals surface area contributed by atoms with Crippen LogP contribution in [0.4, 0.5) is 10.6 Å². The van der Waals surface area contributed by atoms with E-state index in [-0.39, 0.29) is 30.2 Å². The van der Waals surface area contributed by atoms with E-state index in [0.717, 1.165) is 30.6 Å². The Labute approximate surface area is 168 Å². The molecule has 1 saturated carbocycles. The van der Waals surface area contributed by atoms with Gasteiger partial charge < -0.3 is 4.74 Å². The second-order valence-electron chi connectivity index (χ2n) is 8.58. The van der Waals surface area contributed by atoms with Gasteiger partial charge in [0.05, 0.1) is 0 Å². The molecule has 3 heterocycles. The minimum atomic E-state index is -1.47. The van der Waals surface area contributed by atoms with Crippen LogP contribution >= 0.6 is 11.6 Å². The number of hydrogen-bond donors (Lipinski definition) is 0. The monoisotopic (exact) mass is 406 g/mol. The van der Waals surface area contributed by atoms with Crippen LogP contribution < -0.4 is 4.90 Å². The highest BCUT2D eigenvalue weighted by Gasteiger charge is 2.64. The second kappa shape index (κ2) is 6.40. The van der Waals surface area contributed by atoms with E-state index in [1.807, 2.05) is 0 Å². The van der Waals surface area contributed by atoms with Crippen molar-refractivity contribution in [2.24, 2.45) is 0 Å². The minimum Gasteiger partial charge on any atom is -0.443 e. The quantitative estimate of drug-likeness (QED) is 0.526. The first-order chi connectivity index (χ1) is 13.1. The summed E-state index contributed by atoms with van der Waals surface area (Å²) in [7, 11) is 0. The summed E-state index contributed by atoms with van der Waals surface area (Å²) < 4.78 is 5.35. The van der Waals surface area contributed by atoms with Gasteiger partial charge >= 0.3 is 6.09 Å². The van der Waals surface area contributed by atoms with Crippen molar-refractivity contribution in [3.63, 3.8) is 0 Å². The van der Waals surface area contributed by atoms with E-state index in [2.05, 4.69) is 9.97 Å². The highest BCUT2D eigenvalue weighted by atomic mass is 35.5. The molecular formula is C19H23ClN4O4. The van der Waals surface area contributed by atoms with Crippen molar-refractivity contribution < 1.29 is 19.1 Å². The molecule has 1 aromatic heterocycles. The average Bonchev–Trinajstić information content (AvgIpc) is 3.27. The molecule has 0 bridgehead atoms. The number of amides is 3. The van der Waals surface area contributed by atoms with Crippen LogP contribution in [0.5, 0.6) is 0 Å². The smallest absolute Gasteiger partial charge is 0.417 e. The fourth-order valence-electron chi connectivity index (χ4n) is 4.41. The number of halogens is 1. The number of aromatic nitrogens is 2. The van der Waals surface area contributed by atoms with E-state index >= 15 is 0 Å². The lowest BCUT2D eigenvalue weighted by Crippen LogP contribution is -2.50. The summed E-state index contributed by atoms with van der Waals surface area (Å²) in [4.78, 5) is 50.4. The Morgan fingerprint density at radius 2 is 1.93 bits per heavy atom. The fraction of sp³-hybridized carbons (Fsp3) is 0.632. The van der Waals surface area contributed by atoms with E-state index in [1.165, 1.54) is 6.20 Å². The molecule has 1 atom stereocenters. The molecule has 0 radical (unpaired) electrons. The van der Waals surface area contributed by atoms with Gasteiger partial charge in [0, 0.05) is 24.3 Å². The van der Waals surface area contributed by atoms with E-state index in [9.17, 15) is 14.4 Å². The maximum absolute atomic E-state index is 13.6. The molecule has 4 rings (SSSR count). The van der Waals surface area contributed by atoms with Gasteiger partial charge in [0.1, 0.15) is 11.4 Å². The Kier molecular flexibility index (Phi) is 4.37. The molecule has 28 heavy (non-hydrogen) atoms. The fourth-order valence-corrected chi connectivity index (χ4v) is 4.54. The molecular weight excluding hydrogens is 384 g/mol. The molecule has 1 aliphatic carbocycles. The molecule has 9 heteroatoms. The summed E-state index contributed by atoms with van der Waals surface area (Å²) in [5.74, 6) is -0.502. The number of ether oxygens (including phenoxy) is 1. The standard InChI is InChI=1S/C19H23ClN4O4/c1-18(2,3)28-17(27)23-9-8-19(14(23)25)12-10-21-16(20)22-13(12)24(15(19)26)11-6-4-5-7-11/h10-11H,4-9H2,1-3H3. The SMILES string of the molecule is CC(C)(C)OC(=O)N1CCC2(C1=O)C(=O)N(C1CCCC1)c1nc(Cl)ncc12. The zero-order valence-corrected chi connectivity index (χ0v) is 17.0. The third-order valence-corrected chi connectivity index (χ3v) is 5.82. The van der Waals surface area contributed by atoms with Crippen LogP contribution in [0, 0.1) is 0 Å². The van der Waals surface area contributed by atoms with Crippen LogP contribution in [0.15, 0.2) is 6.20 Å². The molecule has 3 amide bonds. The topological polar surface area (TPSA) is 92.7 Å². The number of anilines is 1. The van der Waals surface area contributed by atoms with Gasteiger partial charge in [-0.1, -0.05) is 12.8 Å². The third kappa shape index (κ3) is 2.77. The van der Waals surface area contributed by atoms with Crippen LogP contribution in [0.1, 0.15) is 58.4 Å². The maximum Gasteiger partial charge on any atom is 0.417 e. The molecule has 1 saturated heterocycles. The normalized spacial score (nSPS) is 25.1. The van der Waals surface area contributed by atoms with Crippen LogP contribution in [0.3, 0.4) is 0 Å². The Hall–Kier alpha value is -2.22. The molecule has 2 aliphatic heterocycles. The molecule has 2 fully saturated rings. The van der Waals surface area contributed by atoms with Crippen molar-refractivity contribution in [1.29, 1.82) is 0 Å². The number of carbonyl (C=O) groups excluding carboxylic acids is 3. The van der Waals surface area contributed by atoms with Crippen molar-refractivity contribution in [1.82, 2.24) is 14.9 Å². The second-order valence-corrected chi connectivity index (χ2v) is 8.92. The van der Waals surface area contributed by atoms with Gasteiger partial charge in [0.2, 0.25) is 11.2 Å². The Morgan fingerprint density at radius 1 is 1.25 bits per heavy atom. The summed E-state index contributed by atoms with van der Waals surface area (Å²) in [6, 6.07) is -0.0139. The number of nitrogens with zero attached hydrogens (tertiary/aromatic N) is 4. The maximum atomic E-state index is 13.6. The number of carbonyl (C=O) groups is 3. The van der Waals surface area contributed by atoms with Gasteiger partial charge in [-0.3, -0.25) is 14.5 Å². The summed E-state index contributed by atoms with van der Waals surface area (Å²) >= 11 is 6.00. The first-order valence-corrected chi connectivity index (χ1v) is 9.94. The molecule has 1 aromatic rings. The minimum absolute atomic E-state index is 0.0139. The van der Waals surface area contributed by atoms with Crippen LogP contribution in [-0.4, -0.2) is 51.0 Å². The summed E-state index contributed by atoms with van der Waals surface area (Å²) in [5, 5.41) is 0.0287. The number of likely N-dealkylation sites (tertiary alicyclic amines) is 1.